The largest absolute Gasteiger partial charge is 0.495 e. The Labute approximate surface area is 613 Å². The minimum absolute atomic E-state index is 0.00682. The zero-order chi connectivity index (χ0) is 73.7. The number of hydrogen-bond donors (Lipinski definition) is 6. The van der Waals surface area contributed by atoms with E-state index in [0.717, 1.165) is 106 Å². The first-order valence-electron chi connectivity index (χ1n) is 31.6. The molecule has 16 rings (SSSR count). The fourth-order valence-electron chi connectivity index (χ4n) is 11.5. The molecule has 0 saturated carbocycles. The number of aryl methyl sites for hydroxylation is 4. The molecule has 104 heavy (non-hydrogen) atoms. The Balaban J connectivity index is 0.000000123. The number of benzene rings is 8. The van der Waals surface area contributed by atoms with Crippen molar-refractivity contribution in [1.29, 1.82) is 0 Å². The van der Waals surface area contributed by atoms with Crippen molar-refractivity contribution in [2.75, 3.05) is 48.9 Å². The van der Waals surface area contributed by atoms with E-state index in [1.165, 1.54) is 54.0 Å². The molecule has 532 valence electrons. The van der Waals surface area contributed by atoms with Gasteiger partial charge in [0.1, 0.15) is 34.0 Å². The van der Waals surface area contributed by atoms with Crippen LogP contribution in [0.5, 0.6) is 23.0 Å². The molecule has 8 aromatic heterocycles. The van der Waals surface area contributed by atoms with E-state index in [0.29, 0.717) is 55.2 Å². The fourth-order valence-corrected chi connectivity index (χ4v) is 16.9. The third-order valence-corrected chi connectivity index (χ3v) is 23.4. The maximum absolute atomic E-state index is 12.3. The van der Waals surface area contributed by atoms with Crippen LogP contribution in [0.4, 0.5) is 49.0 Å². The molecule has 0 bridgehead atoms. The van der Waals surface area contributed by atoms with E-state index in [-0.39, 0.29) is 15.9 Å². The molecule has 32 heteroatoms. The summed E-state index contributed by atoms with van der Waals surface area (Å²) in [4.78, 5) is 27.4. The van der Waals surface area contributed by atoms with Crippen LogP contribution in [0.2, 0.25) is 0 Å². The number of sulfonamides is 2. The number of hydrogen-bond acceptors (Lipinski definition) is 22. The zero-order valence-electron chi connectivity index (χ0n) is 57.5. The van der Waals surface area contributed by atoms with Gasteiger partial charge in [-0.15, -0.1) is 0 Å². The van der Waals surface area contributed by atoms with Gasteiger partial charge in [0.15, 0.2) is 26.2 Å². The van der Waals surface area contributed by atoms with Crippen LogP contribution < -0.4 is 50.5 Å². The molecule has 16 aromatic rings. The molecular formula is C72H68N16O9S7. The van der Waals surface area contributed by atoms with E-state index < -0.39 is 29.6 Å². The number of fused-ring (bicyclic) bond motifs is 12. The van der Waals surface area contributed by atoms with Gasteiger partial charge in [0.25, 0.3) is 0 Å². The molecule has 8 heterocycles. The summed E-state index contributed by atoms with van der Waals surface area (Å²) >= 11 is 6.09. The summed E-state index contributed by atoms with van der Waals surface area (Å²) in [5.41, 5.74) is 11.9. The number of thiazole rings is 4. The van der Waals surface area contributed by atoms with Crippen molar-refractivity contribution in [2.45, 2.75) is 34.6 Å². The summed E-state index contributed by atoms with van der Waals surface area (Å²) in [6.07, 6.45) is 9.38. The number of nitrogens with one attached hydrogen (secondary N) is 4. The average molecular weight is 1530 g/mol. The number of primary sulfonamides is 2. The number of aromatic nitrogens is 9. The standard InChI is InChI=1S/C19H20N4O3S2.C19H19N3O2S2.C17H13N5OS.C17H16N4O3S2/c1-11(2)26-16-6-4-12(28(20,24)25)10-14(16)21-19-22-18-13-8-9-23(3)15(13)5-7-17(18)27-19;1-22-10-9-13-15(22)6-8-17-18(13)21-19(25-17)20-14-11-12(26(3,4)23)5-7-16(14)24-2;1-18-10-4-6-13(23-3)11(8-10)20-17-21-16-14(24-17)7-5-12-15(16)19-9-22(12)2;1-21-8-7-11-13(21)4-6-15-16(11)20-17(25-15)19-12-9-10(26(18,22)23)3-5-14(12)24-2/h4-11H,1-3H3,(H,21,22)(H2,20,24,25);5-11H,3H2,1-2,4H3,(H,20,21);4-9H,2-3H3,(H,20,21);3-9H,1-2H3,(H,19,20)(H2,18,22,23). The first kappa shape index (κ1) is 71.5. The predicted octanol–water partition coefficient (Wildman–Crippen LogP) is 15.9. The lowest BCUT2D eigenvalue weighted by Gasteiger charge is -2.15. The van der Waals surface area contributed by atoms with Crippen molar-refractivity contribution in [2.24, 2.45) is 38.5 Å². The Bertz CT molecular complexity index is 6220. The lowest BCUT2D eigenvalue weighted by atomic mass is 10.2. The van der Waals surface area contributed by atoms with E-state index in [1.54, 1.807) is 91.9 Å². The Morgan fingerprint density at radius 1 is 0.452 bits per heavy atom. The van der Waals surface area contributed by atoms with Gasteiger partial charge >= 0.3 is 0 Å². The number of nitrogens with two attached hydrogens (primary N) is 2. The second kappa shape index (κ2) is 28.8. The van der Waals surface area contributed by atoms with Gasteiger partial charge in [0.05, 0.1) is 130 Å². The molecule has 25 nitrogen and oxygen atoms in total. The quantitative estimate of drug-likeness (QED) is 0.0387. The summed E-state index contributed by atoms with van der Waals surface area (Å²) in [6, 6.07) is 42.2. The number of rotatable bonds is 16. The summed E-state index contributed by atoms with van der Waals surface area (Å²) in [5.74, 6) is 6.13. The minimum atomic E-state index is -3.83. The van der Waals surface area contributed by atoms with Crippen molar-refractivity contribution < 1.29 is 40.0 Å². The van der Waals surface area contributed by atoms with E-state index in [4.69, 9.17) is 45.8 Å². The second-order valence-electron chi connectivity index (χ2n) is 24.2. The highest BCUT2D eigenvalue weighted by molar-refractivity contribution is 7.99. The van der Waals surface area contributed by atoms with Gasteiger partial charge in [-0.05, 0) is 163 Å². The van der Waals surface area contributed by atoms with Crippen LogP contribution in [-0.2, 0) is 57.8 Å². The molecule has 0 aliphatic heterocycles. The third kappa shape index (κ3) is 14.9. The Kier molecular flexibility index (Phi) is 19.8. The second-order valence-corrected chi connectivity index (χ2v) is 33.9. The van der Waals surface area contributed by atoms with Crippen molar-refractivity contribution in [3.8, 4) is 23.0 Å². The molecule has 0 aliphatic carbocycles. The molecule has 1 atom stereocenters. The maximum Gasteiger partial charge on any atom is 0.238 e. The first-order valence-corrected chi connectivity index (χ1v) is 40.1. The van der Waals surface area contributed by atoms with E-state index in [9.17, 15) is 21.0 Å². The van der Waals surface area contributed by atoms with Gasteiger partial charge in [0, 0.05) is 74.1 Å². The zero-order valence-corrected chi connectivity index (χ0v) is 63.2. The number of ether oxygens (including phenoxy) is 4. The number of anilines is 8. The van der Waals surface area contributed by atoms with Crippen LogP contribution in [0, 0.1) is 6.57 Å². The monoisotopic (exact) mass is 1520 g/mol. The highest BCUT2D eigenvalue weighted by Gasteiger charge is 2.21. The van der Waals surface area contributed by atoms with Crippen molar-refractivity contribution in [1.82, 2.24) is 43.2 Å². The fraction of sp³-hybridized carbons (Fsp3) is 0.153. The van der Waals surface area contributed by atoms with Crippen molar-refractivity contribution in [3.63, 3.8) is 0 Å². The molecule has 8 aromatic carbocycles. The number of methoxy groups -OCH3 is 3. The average Bonchev–Trinajstić information content (AvgIpc) is 1.65. The highest BCUT2D eigenvalue weighted by Crippen LogP contribution is 2.42. The summed E-state index contributed by atoms with van der Waals surface area (Å²) in [6.45, 7) is 11.0. The Morgan fingerprint density at radius 3 is 1.18 bits per heavy atom. The van der Waals surface area contributed by atoms with E-state index >= 15 is 0 Å². The molecule has 0 saturated heterocycles. The van der Waals surface area contributed by atoms with Gasteiger partial charge in [-0.1, -0.05) is 51.4 Å². The molecule has 8 N–H and O–H groups in total. The molecule has 1 unspecified atom stereocenters. The van der Waals surface area contributed by atoms with E-state index in [1.807, 2.05) is 111 Å². The Morgan fingerprint density at radius 2 is 0.798 bits per heavy atom. The van der Waals surface area contributed by atoms with Gasteiger partial charge in [-0.3, -0.25) is 4.21 Å². The summed E-state index contributed by atoms with van der Waals surface area (Å²) in [5, 5.41) is 29.5. The SMILES string of the molecule is C=S(C)(=O)c1ccc(OC)c(Nc2nc3c(ccc4c3ccn4C)s2)c1.CC(C)Oc1ccc(S(N)(=O)=O)cc1Nc1nc2c(ccc3c2ccn3C)s1.COc1ccc(S(N)(=O)=O)cc1Nc1nc2c(ccc3c2ccn3C)s1.[C-]#[N+]c1ccc(OC)c(Nc2nc3c(ccc4c3ncn4C)s2)c1. The third-order valence-electron chi connectivity index (χ3n) is 16.6. The van der Waals surface area contributed by atoms with Gasteiger partial charge in [0.2, 0.25) is 20.0 Å². The smallest absolute Gasteiger partial charge is 0.238 e. The minimum Gasteiger partial charge on any atom is -0.495 e. The van der Waals surface area contributed by atoms with Gasteiger partial charge in [-0.25, -0.2) is 56.9 Å². The number of imidazole rings is 1. The highest BCUT2D eigenvalue weighted by atomic mass is 32.2. The maximum atomic E-state index is 12.3. The van der Waals surface area contributed by atoms with Gasteiger partial charge in [-0.2, -0.15) is 0 Å². The summed E-state index contributed by atoms with van der Waals surface area (Å²) < 4.78 is 93.3. The van der Waals surface area contributed by atoms with Crippen LogP contribution in [0.15, 0.2) is 179 Å². The van der Waals surface area contributed by atoms with Crippen molar-refractivity contribution in [3.05, 3.63) is 176 Å². The predicted molar refractivity (Wildman–Crippen MR) is 425 cm³/mol. The lowest BCUT2D eigenvalue weighted by Crippen LogP contribution is -2.13. The topological polar surface area (TPSA) is 311 Å². The molecule has 0 spiro atoms. The molecule has 0 amide bonds. The number of nitrogens with zero attached hydrogens (tertiary/aromatic N) is 10. The first-order chi connectivity index (χ1) is 49.6. The van der Waals surface area contributed by atoms with Crippen LogP contribution in [-0.4, -0.2) is 104 Å². The Hall–Kier alpha value is -10.9. The molecule has 0 aliphatic rings. The molecule has 0 fully saturated rings. The van der Waals surface area contributed by atoms with Gasteiger partial charge < -0.3 is 58.5 Å². The normalized spacial score (nSPS) is 12.2. The van der Waals surface area contributed by atoms with Crippen LogP contribution in [0.3, 0.4) is 0 Å². The molecule has 0 radical (unpaired) electrons. The van der Waals surface area contributed by atoms with Crippen molar-refractivity contribution >= 4 is 214 Å². The molecular weight excluding hydrogens is 1460 g/mol. The van der Waals surface area contributed by atoms with Crippen LogP contribution in [0.1, 0.15) is 13.8 Å². The van der Waals surface area contributed by atoms with Crippen LogP contribution >= 0.6 is 45.3 Å². The van der Waals surface area contributed by atoms with E-state index in [2.05, 4.69) is 87.9 Å². The van der Waals surface area contributed by atoms with Crippen LogP contribution in [0.25, 0.3) is 89.5 Å². The lowest BCUT2D eigenvalue weighted by molar-refractivity contribution is 0.243. The summed E-state index contributed by atoms with van der Waals surface area (Å²) in [7, 11) is 2.76.